The molecule has 102 valence electrons. The molecule has 1 spiro atoms. The van der Waals surface area contributed by atoms with Crippen molar-refractivity contribution in [2.45, 2.75) is 43.9 Å². The Hall–Kier alpha value is -1.35. The molecule has 1 heterocycles. The summed E-state index contributed by atoms with van der Waals surface area (Å²) in [5.74, 6) is -0.478. The smallest absolute Gasteiger partial charge is 0.303 e. The van der Waals surface area contributed by atoms with Crippen LogP contribution in [-0.2, 0) is 10.2 Å². The molecule has 0 aromatic heterocycles. The van der Waals surface area contributed by atoms with E-state index in [0.29, 0.717) is 0 Å². The molecule has 3 heteroatoms. The van der Waals surface area contributed by atoms with Gasteiger partial charge in [0.15, 0.2) is 0 Å². The molecule has 3 rings (SSSR count). The third kappa shape index (κ3) is 2.16. The number of rotatable bonds is 2. The zero-order chi connectivity index (χ0) is 13.5. The van der Waals surface area contributed by atoms with Gasteiger partial charge in [0.2, 0.25) is 0 Å². The van der Waals surface area contributed by atoms with E-state index in [1.807, 2.05) is 0 Å². The molecule has 1 aromatic carbocycles. The molecule has 0 saturated carbocycles. The Morgan fingerprint density at radius 1 is 1.42 bits per heavy atom. The summed E-state index contributed by atoms with van der Waals surface area (Å²) in [5.41, 5.74) is 4.18. The lowest BCUT2D eigenvalue weighted by Gasteiger charge is -2.35. The number of carboxylic acid groups (broad SMARTS) is 1. The summed E-state index contributed by atoms with van der Waals surface area (Å²) in [4.78, 5) is 11.1. The molecule has 0 bridgehead atoms. The summed E-state index contributed by atoms with van der Waals surface area (Å²) < 4.78 is 0. The van der Waals surface area contributed by atoms with Gasteiger partial charge in [0.1, 0.15) is 0 Å². The van der Waals surface area contributed by atoms with Crippen molar-refractivity contribution in [1.29, 1.82) is 0 Å². The van der Waals surface area contributed by atoms with E-state index in [2.05, 4.69) is 30.4 Å². The standard InChI is InChI=1S/C16H21NO2/c1-11-2-3-14-13(8-11)12(9-15(18)19)10-16(14)4-6-17-7-5-16/h2-3,8,12,17H,4-7,9-10H2,1H3,(H,18,19)/t12-/m0/s1. The van der Waals surface area contributed by atoms with Crippen LogP contribution in [0.5, 0.6) is 0 Å². The highest BCUT2D eigenvalue weighted by atomic mass is 16.4. The van der Waals surface area contributed by atoms with Crippen LogP contribution >= 0.6 is 0 Å². The quantitative estimate of drug-likeness (QED) is 0.858. The highest BCUT2D eigenvalue weighted by Crippen LogP contribution is 2.52. The first-order chi connectivity index (χ1) is 9.11. The SMILES string of the molecule is Cc1ccc2c(c1)[C@@H](CC(=O)O)CC21CCNCC1. The number of fused-ring (bicyclic) bond motifs is 2. The molecule has 3 nitrogen and oxygen atoms in total. The number of hydrogen-bond acceptors (Lipinski definition) is 2. The zero-order valence-electron chi connectivity index (χ0n) is 11.4. The first-order valence-corrected chi connectivity index (χ1v) is 7.14. The first kappa shape index (κ1) is 12.7. The summed E-state index contributed by atoms with van der Waals surface area (Å²) in [7, 11) is 0. The van der Waals surface area contributed by atoms with Gasteiger partial charge in [-0.25, -0.2) is 0 Å². The van der Waals surface area contributed by atoms with Crippen LogP contribution < -0.4 is 5.32 Å². The van der Waals surface area contributed by atoms with Gasteiger partial charge < -0.3 is 10.4 Å². The van der Waals surface area contributed by atoms with Crippen molar-refractivity contribution in [2.75, 3.05) is 13.1 Å². The van der Waals surface area contributed by atoms with Crippen LogP contribution in [-0.4, -0.2) is 24.2 Å². The molecule has 0 unspecified atom stereocenters. The van der Waals surface area contributed by atoms with E-state index in [9.17, 15) is 4.79 Å². The second kappa shape index (κ2) is 4.64. The molecule has 1 fully saturated rings. The number of aryl methyl sites for hydroxylation is 1. The maximum absolute atomic E-state index is 11.1. The summed E-state index contributed by atoms with van der Waals surface area (Å²) in [6.07, 6.45) is 3.56. The van der Waals surface area contributed by atoms with E-state index in [1.165, 1.54) is 16.7 Å². The molecular formula is C16H21NO2. The fourth-order valence-corrected chi connectivity index (χ4v) is 3.97. The Bertz CT molecular complexity index is 503. The fourth-order valence-electron chi connectivity index (χ4n) is 3.97. The third-order valence-electron chi connectivity index (χ3n) is 4.84. The summed E-state index contributed by atoms with van der Waals surface area (Å²) in [6.45, 7) is 4.19. The maximum Gasteiger partial charge on any atom is 0.303 e. The number of nitrogens with one attached hydrogen (secondary N) is 1. The molecule has 1 aliphatic carbocycles. The first-order valence-electron chi connectivity index (χ1n) is 7.14. The van der Waals surface area contributed by atoms with Crippen LogP contribution in [0, 0.1) is 6.92 Å². The molecule has 1 saturated heterocycles. The molecule has 2 N–H and O–H groups in total. The van der Waals surface area contributed by atoms with E-state index in [-0.39, 0.29) is 17.8 Å². The normalized spacial score (nSPS) is 24.4. The zero-order valence-corrected chi connectivity index (χ0v) is 11.4. The average molecular weight is 259 g/mol. The molecule has 1 atom stereocenters. The Balaban J connectivity index is 2.01. The van der Waals surface area contributed by atoms with Crippen LogP contribution in [0.2, 0.25) is 0 Å². The molecular weight excluding hydrogens is 238 g/mol. The predicted molar refractivity (Wildman–Crippen MR) is 74.6 cm³/mol. The minimum Gasteiger partial charge on any atom is -0.481 e. The third-order valence-corrected chi connectivity index (χ3v) is 4.84. The monoisotopic (exact) mass is 259 g/mol. The van der Waals surface area contributed by atoms with Gasteiger partial charge in [0, 0.05) is 0 Å². The number of piperidine rings is 1. The van der Waals surface area contributed by atoms with Gasteiger partial charge in [-0.3, -0.25) is 4.79 Å². The Morgan fingerprint density at radius 2 is 2.16 bits per heavy atom. The lowest BCUT2D eigenvalue weighted by Crippen LogP contribution is -2.38. The minimum absolute atomic E-state index is 0.200. The van der Waals surface area contributed by atoms with Gasteiger partial charge in [0.25, 0.3) is 0 Å². The second-order valence-corrected chi connectivity index (χ2v) is 6.12. The van der Waals surface area contributed by atoms with Crippen molar-refractivity contribution in [1.82, 2.24) is 5.32 Å². The number of hydrogen-bond donors (Lipinski definition) is 2. The van der Waals surface area contributed by atoms with Crippen LogP contribution in [0.25, 0.3) is 0 Å². The average Bonchev–Trinajstić information content (AvgIpc) is 2.63. The van der Waals surface area contributed by atoms with Crippen molar-refractivity contribution in [3.05, 3.63) is 34.9 Å². The van der Waals surface area contributed by atoms with E-state index in [1.54, 1.807) is 0 Å². The van der Waals surface area contributed by atoms with Crippen molar-refractivity contribution in [3.63, 3.8) is 0 Å². The molecule has 0 amide bonds. The largest absolute Gasteiger partial charge is 0.481 e. The molecule has 19 heavy (non-hydrogen) atoms. The number of benzene rings is 1. The van der Waals surface area contributed by atoms with Gasteiger partial charge in [-0.1, -0.05) is 23.8 Å². The highest BCUT2D eigenvalue weighted by molar-refractivity contribution is 5.69. The summed E-state index contributed by atoms with van der Waals surface area (Å²) in [6, 6.07) is 6.63. The Labute approximate surface area is 114 Å². The second-order valence-electron chi connectivity index (χ2n) is 6.12. The van der Waals surface area contributed by atoms with Crippen LogP contribution in [0.1, 0.15) is 48.3 Å². The minimum atomic E-state index is -0.677. The van der Waals surface area contributed by atoms with Gasteiger partial charge in [-0.15, -0.1) is 0 Å². The fraction of sp³-hybridized carbons (Fsp3) is 0.562. The number of aliphatic carboxylic acids is 1. The van der Waals surface area contributed by atoms with E-state index in [0.717, 1.165) is 32.4 Å². The number of carbonyl (C=O) groups is 1. The Morgan fingerprint density at radius 3 is 2.84 bits per heavy atom. The van der Waals surface area contributed by atoms with Crippen molar-refractivity contribution in [2.24, 2.45) is 0 Å². The topological polar surface area (TPSA) is 49.3 Å². The lowest BCUT2D eigenvalue weighted by molar-refractivity contribution is -0.137. The maximum atomic E-state index is 11.1. The van der Waals surface area contributed by atoms with E-state index < -0.39 is 5.97 Å². The summed E-state index contributed by atoms with van der Waals surface area (Å²) in [5, 5.41) is 12.6. The van der Waals surface area contributed by atoms with Gasteiger partial charge >= 0.3 is 5.97 Å². The molecule has 0 radical (unpaired) electrons. The predicted octanol–water partition coefficient (Wildman–Crippen LogP) is 2.58. The van der Waals surface area contributed by atoms with Crippen LogP contribution in [0.3, 0.4) is 0 Å². The molecule has 1 aliphatic heterocycles. The van der Waals surface area contributed by atoms with Crippen molar-refractivity contribution >= 4 is 5.97 Å². The van der Waals surface area contributed by atoms with Crippen LogP contribution in [0.15, 0.2) is 18.2 Å². The van der Waals surface area contributed by atoms with Crippen molar-refractivity contribution in [3.8, 4) is 0 Å². The van der Waals surface area contributed by atoms with E-state index >= 15 is 0 Å². The van der Waals surface area contributed by atoms with Gasteiger partial charge in [0.05, 0.1) is 6.42 Å². The summed E-state index contributed by atoms with van der Waals surface area (Å²) >= 11 is 0. The number of carboxylic acids is 1. The Kier molecular flexibility index (Phi) is 3.09. The van der Waals surface area contributed by atoms with Gasteiger partial charge in [-0.2, -0.15) is 0 Å². The van der Waals surface area contributed by atoms with E-state index in [4.69, 9.17) is 5.11 Å². The van der Waals surface area contributed by atoms with Crippen LogP contribution in [0.4, 0.5) is 0 Å². The molecule has 1 aromatic rings. The lowest BCUT2D eigenvalue weighted by atomic mass is 9.73. The van der Waals surface area contributed by atoms with Crippen molar-refractivity contribution < 1.29 is 9.90 Å². The molecule has 2 aliphatic rings. The highest BCUT2D eigenvalue weighted by Gasteiger charge is 2.44. The van der Waals surface area contributed by atoms with Gasteiger partial charge in [-0.05, 0) is 61.7 Å².